The number of hydrogen-bond donors (Lipinski definition) is 2. The maximum atomic E-state index is 12.6. The lowest BCUT2D eigenvalue weighted by molar-refractivity contribution is -0.131. The van der Waals surface area contributed by atoms with Gasteiger partial charge in [-0.2, -0.15) is 0 Å². The first-order valence-corrected chi connectivity index (χ1v) is 8.76. The molecule has 7 heteroatoms. The van der Waals surface area contributed by atoms with Crippen LogP contribution in [0.3, 0.4) is 0 Å². The Hall–Kier alpha value is -2.37. The molecule has 1 fully saturated rings. The molecule has 0 bridgehead atoms. The highest BCUT2D eigenvalue weighted by molar-refractivity contribution is 6.36. The summed E-state index contributed by atoms with van der Waals surface area (Å²) in [7, 11) is 0. The molecule has 2 N–H and O–H groups in total. The number of benzene rings is 2. The van der Waals surface area contributed by atoms with Crippen molar-refractivity contribution in [1.29, 1.82) is 0 Å². The van der Waals surface area contributed by atoms with Gasteiger partial charge in [-0.15, -0.1) is 0 Å². The molecule has 1 saturated carbocycles. The lowest BCUT2D eigenvalue weighted by Gasteiger charge is -2.16. The van der Waals surface area contributed by atoms with Gasteiger partial charge in [-0.25, -0.2) is 0 Å². The molecule has 2 aromatic carbocycles. The molecule has 0 atom stereocenters. The van der Waals surface area contributed by atoms with Crippen LogP contribution in [0.2, 0.25) is 10.0 Å². The van der Waals surface area contributed by atoms with E-state index in [1.807, 2.05) is 0 Å². The zero-order valence-electron chi connectivity index (χ0n) is 13.9. The van der Waals surface area contributed by atoms with Crippen molar-refractivity contribution < 1.29 is 14.4 Å². The Kier molecular flexibility index (Phi) is 5.03. The van der Waals surface area contributed by atoms with Gasteiger partial charge in [0.25, 0.3) is 0 Å². The lowest BCUT2D eigenvalue weighted by atomic mass is 10.0. The summed E-state index contributed by atoms with van der Waals surface area (Å²) < 4.78 is 0. The van der Waals surface area contributed by atoms with Crippen LogP contribution in [0.5, 0.6) is 0 Å². The summed E-state index contributed by atoms with van der Waals surface area (Å²) >= 11 is 12.0. The van der Waals surface area contributed by atoms with Crippen LogP contribution in [0.15, 0.2) is 42.5 Å². The minimum absolute atomic E-state index is 0.101. The summed E-state index contributed by atoms with van der Waals surface area (Å²) in [5.74, 6) is -0.939. The van der Waals surface area contributed by atoms with Gasteiger partial charge in [-0.05, 0) is 50.1 Å². The summed E-state index contributed by atoms with van der Waals surface area (Å²) in [5, 5.41) is 6.17. The van der Waals surface area contributed by atoms with Gasteiger partial charge in [0.15, 0.2) is 5.78 Å². The summed E-state index contributed by atoms with van der Waals surface area (Å²) in [5.41, 5.74) is 0.185. The second-order valence-electron chi connectivity index (χ2n) is 6.25. The van der Waals surface area contributed by atoms with Crippen LogP contribution in [-0.4, -0.2) is 17.6 Å². The molecule has 0 aliphatic heterocycles. The van der Waals surface area contributed by atoms with E-state index in [4.69, 9.17) is 23.2 Å². The number of ketones is 1. The van der Waals surface area contributed by atoms with Crippen molar-refractivity contribution in [2.24, 2.45) is 5.41 Å². The molecule has 134 valence electrons. The summed E-state index contributed by atoms with van der Waals surface area (Å²) in [6, 6.07) is 11.3. The average Bonchev–Trinajstić information content (AvgIpc) is 3.40. The fourth-order valence-corrected chi connectivity index (χ4v) is 2.92. The highest BCUT2D eigenvalue weighted by atomic mass is 35.5. The molecule has 3 rings (SSSR count). The molecule has 2 amide bonds. The number of nitrogens with one attached hydrogen (secondary N) is 2. The molecule has 0 spiro atoms. The first kappa shape index (κ1) is 18.4. The van der Waals surface area contributed by atoms with E-state index in [9.17, 15) is 14.4 Å². The molecule has 0 aromatic heterocycles. The Bertz CT molecular complexity index is 907. The smallest absolute Gasteiger partial charge is 0.240 e. The monoisotopic (exact) mass is 390 g/mol. The van der Waals surface area contributed by atoms with E-state index in [-0.39, 0.29) is 5.78 Å². The Morgan fingerprint density at radius 3 is 2.31 bits per heavy atom. The number of halogens is 2. The van der Waals surface area contributed by atoms with Crippen LogP contribution in [0, 0.1) is 5.41 Å². The lowest BCUT2D eigenvalue weighted by Crippen LogP contribution is -2.35. The fraction of sp³-hybridized carbons (Fsp3) is 0.211. The summed E-state index contributed by atoms with van der Waals surface area (Å²) in [6.45, 7) is 1.45. The number of carbonyl (C=O) groups is 3. The largest absolute Gasteiger partial charge is 0.325 e. The number of anilines is 2. The minimum atomic E-state index is -1.14. The van der Waals surface area contributed by atoms with Crippen molar-refractivity contribution in [2.45, 2.75) is 19.8 Å². The Balaban J connectivity index is 1.74. The number of rotatable bonds is 5. The molecule has 5 nitrogen and oxygen atoms in total. The average molecular weight is 391 g/mol. The van der Waals surface area contributed by atoms with E-state index in [1.54, 1.807) is 36.4 Å². The molecule has 0 radical (unpaired) electrons. The van der Waals surface area contributed by atoms with Crippen molar-refractivity contribution in [3.05, 3.63) is 58.1 Å². The predicted molar refractivity (Wildman–Crippen MR) is 102 cm³/mol. The third kappa shape index (κ3) is 3.74. The Morgan fingerprint density at radius 1 is 0.962 bits per heavy atom. The van der Waals surface area contributed by atoms with Crippen molar-refractivity contribution in [1.82, 2.24) is 0 Å². The van der Waals surface area contributed by atoms with Crippen LogP contribution in [0.1, 0.15) is 30.1 Å². The maximum absolute atomic E-state index is 12.6. The SMILES string of the molecule is CC(=O)c1cccc(NC(=O)C2(C(=O)Nc3cc(Cl)ccc3Cl)CC2)c1. The van der Waals surface area contributed by atoms with Crippen molar-refractivity contribution in [3.63, 3.8) is 0 Å². The van der Waals surface area contributed by atoms with Gasteiger partial charge < -0.3 is 10.6 Å². The van der Waals surface area contributed by atoms with Crippen molar-refractivity contribution in [2.75, 3.05) is 10.6 Å². The van der Waals surface area contributed by atoms with Crippen LogP contribution < -0.4 is 10.6 Å². The predicted octanol–water partition coefficient (Wildman–Crippen LogP) is 4.55. The summed E-state index contributed by atoms with van der Waals surface area (Å²) in [6.07, 6.45) is 0.879. The van der Waals surface area contributed by atoms with Crippen molar-refractivity contribution >= 4 is 52.2 Å². The Morgan fingerprint density at radius 2 is 1.65 bits per heavy atom. The molecule has 1 aliphatic rings. The molecule has 26 heavy (non-hydrogen) atoms. The van der Waals surface area contributed by atoms with Gasteiger partial charge in [0.05, 0.1) is 10.7 Å². The number of carbonyl (C=O) groups excluding carboxylic acids is 3. The zero-order valence-corrected chi connectivity index (χ0v) is 15.4. The molecule has 0 saturated heterocycles. The molecular weight excluding hydrogens is 375 g/mol. The summed E-state index contributed by atoms with van der Waals surface area (Å²) in [4.78, 5) is 36.7. The first-order valence-electron chi connectivity index (χ1n) is 8.01. The second kappa shape index (κ2) is 7.09. The van der Waals surface area contributed by atoms with E-state index in [2.05, 4.69) is 10.6 Å². The van der Waals surface area contributed by atoms with Gasteiger partial charge in [-0.3, -0.25) is 14.4 Å². The van der Waals surface area contributed by atoms with Crippen LogP contribution in [0.4, 0.5) is 11.4 Å². The highest BCUT2D eigenvalue weighted by Gasteiger charge is 2.56. The molecule has 1 aliphatic carbocycles. The minimum Gasteiger partial charge on any atom is -0.325 e. The highest BCUT2D eigenvalue weighted by Crippen LogP contribution is 2.48. The van der Waals surface area contributed by atoms with Gasteiger partial charge >= 0.3 is 0 Å². The van der Waals surface area contributed by atoms with Gasteiger partial charge in [-0.1, -0.05) is 35.3 Å². The third-order valence-electron chi connectivity index (χ3n) is 4.32. The van der Waals surface area contributed by atoms with Gasteiger partial charge in [0.2, 0.25) is 11.8 Å². The van der Waals surface area contributed by atoms with Crippen molar-refractivity contribution in [3.8, 4) is 0 Å². The molecule has 0 heterocycles. The standard InChI is InChI=1S/C19H16Cl2N2O3/c1-11(24)12-3-2-4-14(9-12)22-17(25)19(7-8-19)18(26)23-16-10-13(20)5-6-15(16)21/h2-6,9-10H,7-8H2,1H3,(H,22,25)(H,23,26). The van der Waals surface area contributed by atoms with Gasteiger partial charge in [0.1, 0.15) is 5.41 Å². The van der Waals surface area contributed by atoms with E-state index in [0.29, 0.717) is 39.8 Å². The normalized spacial score (nSPS) is 14.4. The fourth-order valence-electron chi connectivity index (χ4n) is 2.58. The van der Waals surface area contributed by atoms with Gasteiger partial charge in [0, 0.05) is 16.3 Å². The van der Waals surface area contributed by atoms with Crippen LogP contribution in [-0.2, 0) is 9.59 Å². The van der Waals surface area contributed by atoms with E-state index in [1.165, 1.54) is 13.0 Å². The van der Waals surface area contributed by atoms with E-state index >= 15 is 0 Å². The molecule has 0 unspecified atom stereocenters. The maximum Gasteiger partial charge on any atom is 0.240 e. The molecule has 2 aromatic rings. The number of hydrogen-bond acceptors (Lipinski definition) is 3. The number of amides is 2. The van der Waals surface area contributed by atoms with E-state index in [0.717, 1.165) is 0 Å². The van der Waals surface area contributed by atoms with Crippen LogP contribution >= 0.6 is 23.2 Å². The quantitative estimate of drug-likeness (QED) is 0.580. The number of Topliss-reactive ketones (excluding diaryl/α,β-unsaturated/α-hetero) is 1. The topological polar surface area (TPSA) is 75.3 Å². The second-order valence-corrected chi connectivity index (χ2v) is 7.10. The molecular formula is C19H16Cl2N2O3. The van der Waals surface area contributed by atoms with E-state index < -0.39 is 17.2 Å². The Labute approximate surface area is 160 Å². The third-order valence-corrected chi connectivity index (χ3v) is 4.89. The van der Waals surface area contributed by atoms with Crippen LogP contribution in [0.25, 0.3) is 0 Å². The zero-order chi connectivity index (χ0) is 18.9. The first-order chi connectivity index (χ1) is 12.3.